The number of pyridine rings is 1. The van der Waals surface area contributed by atoms with Gasteiger partial charge in [0.1, 0.15) is 11.7 Å². The minimum absolute atomic E-state index is 0.00529. The molecule has 1 saturated heterocycles. The van der Waals surface area contributed by atoms with Crippen LogP contribution in [0.2, 0.25) is 0 Å². The van der Waals surface area contributed by atoms with Crippen LogP contribution < -0.4 is 14.2 Å². The first kappa shape index (κ1) is 15.5. The van der Waals surface area contributed by atoms with E-state index in [1.165, 1.54) is 0 Å². The van der Waals surface area contributed by atoms with E-state index >= 15 is 0 Å². The lowest BCUT2D eigenvalue weighted by molar-refractivity contribution is 0.0680. The first-order valence-corrected chi connectivity index (χ1v) is 8.69. The van der Waals surface area contributed by atoms with Gasteiger partial charge in [0.25, 0.3) is 5.91 Å². The van der Waals surface area contributed by atoms with Gasteiger partial charge in [-0.25, -0.2) is 4.98 Å². The zero-order chi connectivity index (χ0) is 17.7. The summed E-state index contributed by atoms with van der Waals surface area (Å²) in [6.45, 7) is 2.55. The maximum atomic E-state index is 12.7. The number of nitrogens with zero attached hydrogens (tertiary/aromatic N) is 3. The van der Waals surface area contributed by atoms with E-state index in [1.54, 1.807) is 23.2 Å². The molecule has 134 valence electrons. The van der Waals surface area contributed by atoms with Gasteiger partial charge in [0.2, 0.25) is 12.7 Å². The van der Waals surface area contributed by atoms with Gasteiger partial charge in [0, 0.05) is 32.9 Å². The minimum atomic E-state index is -0.0888. The molecule has 1 fully saturated rings. The van der Waals surface area contributed by atoms with Crippen LogP contribution >= 0.6 is 0 Å². The van der Waals surface area contributed by atoms with Gasteiger partial charge in [-0.15, -0.1) is 0 Å². The van der Waals surface area contributed by atoms with Crippen molar-refractivity contribution < 1.29 is 19.0 Å². The van der Waals surface area contributed by atoms with Crippen molar-refractivity contribution in [3.05, 3.63) is 47.7 Å². The number of ether oxygens (including phenoxy) is 3. The summed E-state index contributed by atoms with van der Waals surface area (Å²) >= 11 is 0. The van der Waals surface area contributed by atoms with Crippen LogP contribution in [0.25, 0.3) is 0 Å². The van der Waals surface area contributed by atoms with Crippen molar-refractivity contribution in [3.8, 4) is 17.4 Å². The molecule has 0 radical (unpaired) electrons. The highest BCUT2D eigenvalue weighted by Crippen LogP contribution is 2.34. The van der Waals surface area contributed by atoms with Crippen LogP contribution in [-0.2, 0) is 6.54 Å². The molecule has 2 unspecified atom stereocenters. The highest BCUT2D eigenvalue weighted by Gasteiger charge is 2.42. The Morgan fingerprint density at radius 2 is 2.08 bits per heavy atom. The lowest BCUT2D eigenvalue weighted by atomic mass is 10.2. The second-order valence-electron chi connectivity index (χ2n) is 6.88. The van der Waals surface area contributed by atoms with E-state index in [0.717, 1.165) is 36.7 Å². The summed E-state index contributed by atoms with van der Waals surface area (Å²) in [5, 5.41) is 0. The van der Waals surface area contributed by atoms with Crippen LogP contribution in [0.4, 0.5) is 0 Å². The molecule has 7 heteroatoms. The first-order valence-electron chi connectivity index (χ1n) is 8.69. The van der Waals surface area contributed by atoms with E-state index in [1.807, 2.05) is 25.2 Å². The molecule has 3 aliphatic rings. The molecule has 0 aliphatic carbocycles. The number of benzene rings is 1. The predicted molar refractivity (Wildman–Crippen MR) is 92.4 cm³/mol. The number of rotatable bonds is 2. The molecule has 1 aromatic heterocycles. The molecule has 4 heterocycles. The smallest absolute Gasteiger partial charge is 0.259 e. The molecular weight excluding hydrogens is 334 g/mol. The molecule has 3 aliphatic heterocycles. The van der Waals surface area contributed by atoms with Crippen molar-refractivity contribution in [3.63, 3.8) is 0 Å². The van der Waals surface area contributed by atoms with E-state index in [9.17, 15) is 4.79 Å². The zero-order valence-corrected chi connectivity index (χ0v) is 14.4. The van der Waals surface area contributed by atoms with E-state index in [4.69, 9.17) is 14.2 Å². The first-order chi connectivity index (χ1) is 12.7. The predicted octanol–water partition coefficient (Wildman–Crippen LogP) is 1.53. The third kappa shape index (κ3) is 2.47. The Morgan fingerprint density at radius 3 is 3.00 bits per heavy atom. The highest BCUT2D eigenvalue weighted by atomic mass is 16.7. The number of likely N-dealkylation sites (tertiary alicyclic amines) is 1. The van der Waals surface area contributed by atoms with Crippen molar-refractivity contribution in [1.29, 1.82) is 0 Å². The standard InChI is InChI=1S/C19H19N3O4/c1-21-14-9-22(8-12-4-5-15-16(7-12)25-11-24-15)10-17(14)26-18-13(19(21)23)3-2-6-20-18/h2-7,14,17H,8-11H2,1H3. The molecule has 1 amide bonds. The monoisotopic (exact) mass is 353 g/mol. The number of fused-ring (bicyclic) bond motifs is 3. The summed E-state index contributed by atoms with van der Waals surface area (Å²) in [6, 6.07) is 9.55. The number of amides is 1. The van der Waals surface area contributed by atoms with Gasteiger partial charge in [0.15, 0.2) is 11.5 Å². The van der Waals surface area contributed by atoms with Crippen LogP contribution in [0, 0.1) is 0 Å². The minimum Gasteiger partial charge on any atom is -0.470 e. The number of aromatic nitrogens is 1. The average Bonchev–Trinajstić information content (AvgIpc) is 3.25. The van der Waals surface area contributed by atoms with Gasteiger partial charge in [0.05, 0.1) is 6.04 Å². The van der Waals surface area contributed by atoms with E-state index in [-0.39, 0.29) is 24.8 Å². The quantitative estimate of drug-likeness (QED) is 0.816. The molecule has 26 heavy (non-hydrogen) atoms. The zero-order valence-electron chi connectivity index (χ0n) is 14.4. The molecule has 7 nitrogen and oxygen atoms in total. The van der Waals surface area contributed by atoms with Crippen LogP contribution in [0.15, 0.2) is 36.5 Å². The van der Waals surface area contributed by atoms with E-state index < -0.39 is 0 Å². The summed E-state index contributed by atoms with van der Waals surface area (Å²) in [7, 11) is 1.84. The molecular formula is C19H19N3O4. The van der Waals surface area contributed by atoms with Crippen molar-refractivity contribution >= 4 is 5.91 Å². The van der Waals surface area contributed by atoms with Crippen LogP contribution in [0.5, 0.6) is 17.4 Å². The van der Waals surface area contributed by atoms with Gasteiger partial charge in [-0.05, 0) is 29.8 Å². The molecule has 2 aromatic rings. The van der Waals surface area contributed by atoms with Gasteiger partial charge < -0.3 is 19.1 Å². The van der Waals surface area contributed by atoms with Crippen LogP contribution in [0.3, 0.4) is 0 Å². The lowest BCUT2D eigenvalue weighted by Gasteiger charge is -2.25. The van der Waals surface area contributed by atoms with Crippen molar-refractivity contribution in [2.45, 2.75) is 18.7 Å². The normalized spacial score (nSPS) is 24.0. The third-order valence-electron chi connectivity index (χ3n) is 5.24. The van der Waals surface area contributed by atoms with Crippen molar-refractivity contribution in [2.24, 2.45) is 0 Å². The molecule has 5 rings (SSSR count). The number of hydrogen-bond donors (Lipinski definition) is 0. The average molecular weight is 353 g/mol. The fraction of sp³-hybridized carbons (Fsp3) is 0.368. The third-order valence-corrected chi connectivity index (χ3v) is 5.24. The molecule has 0 spiro atoms. The summed E-state index contributed by atoms with van der Waals surface area (Å²) in [4.78, 5) is 21.1. The number of hydrogen-bond acceptors (Lipinski definition) is 6. The fourth-order valence-electron chi connectivity index (χ4n) is 3.88. The number of carbonyl (C=O) groups is 1. The molecule has 0 N–H and O–H groups in total. The molecule has 0 saturated carbocycles. The maximum absolute atomic E-state index is 12.7. The molecule has 2 atom stereocenters. The summed E-state index contributed by atoms with van der Waals surface area (Å²) in [5.41, 5.74) is 1.69. The summed E-state index contributed by atoms with van der Waals surface area (Å²) in [6.07, 6.45) is 1.57. The lowest BCUT2D eigenvalue weighted by Crippen LogP contribution is -2.44. The Morgan fingerprint density at radius 1 is 1.19 bits per heavy atom. The topological polar surface area (TPSA) is 64.1 Å². The Labute approximate surface area is 151 Å². The van der Waals surface area contributed by atoms with E-state index in [2.05, 4.69) is 9.88 Å². The SMILES string of the molecule is CN1C(=O)c2cccnc2OC2CN(Cc3ccc4c(c3)OCO4)CC21. The van der Waals surface area contributed by atoms with Gasteiger partial charge >= 0.3 is 0 Å². The van der Waals surface area contributed by atoms with E-state index in [0.29, 0.717) is 11.4 Å². The second-order valence-corrected chi connectivity index (χ2v) is 6.88. The molecule has 1 aromatic carbocycles. The van der Waals surface area contributed by atoms with Crippen LogP contribution in [-0.4, -0.2) is 59.8 Å². The molecule has 0 bridgehead atoms. The summed E-state index contributed by atoms with van der Waals surface area (Å²) in [5.74, 6) is 1.97. The second kappa shape index (κ2) is 5.88. The fourth-order valence-corrected chi connectivity index (χ4v) is 3.88. The Balaban J connectivity index is 1.36. The summed E-state index contributed by atoms with van der Waals surface area (Å²) < 4.78 is 16.9. The largest absolute Gasteiger partial charge is 0.470 e. The maximum Gasteiger partial charge on any atom is 0.259 e. The van der Waals surface area contributed by atoms with Crippen LogP contribution in [0.1, 0.15) is 15.9 Å². The number of likely N-dealkylation sites (N-methyl/N-ethyl adjacent to an activating group) is 1. The van der Waals surface area contributed by atoms with Crippen molar-refractivity contribution in [1.82, 2.24) is 14.8 Å². The van der Waals surface area contributed by atoms with Gasteiger partial charge in [-0.3, -0.25) is 9.69 Å². The Bertz CT molecular complexity index is 872. The van der Waals surface area contributed by atoms with Gasteiger partial charge in [-0.2, -0.15) is 0 Å². The Hall–Kier alpha value is -2.80. The van der Waals surface area contributed by atoms with Gasteiger partial charge in [-0.1, -0.05) is 6.07 Å². The number of carbonyl (C=O) groups excluding carboxylic acids is 1. The highest BCUT2D eigenvalue weighted by molar-refractivity contribution is 5.96. The van der Waals surface area contributed by atoms with Crippen molar-refractivity contribution in [2.75, 3.05) is 26.9 Å². The Kier molecular flexibility index (Phi) is 3.49.